The molecule has 1 unspecified atom stereocenters. The summed E-state index contributed by atoms with van der Waals surface area (Å²) in [7, 11) is 0. The van der Waals surface area contributed by atoms with Gasteiger partial charge >= 0.3 is 0 Å². The van der Waals surface area contributed by atoms with Crippen molar-refractivity contribution in [2.45, 2.75) is 18.9 Å². The summed E-state index contributed by atoms with van der Waals surface area (Å²) in [6, 6.07) is 5.81. The van der Waals surface area contributed by atoms with Crippen LogP contribution in [0.3, 0.4) is 0 Å². The van der Waals surface area contributed by atoms with Crippen molar-refractivity contribution in [3.05, 3.63) is 40.4 Å². The van der Waals surface area contributed by atoms with E-state index in [1.807, 2.05) is 18.2 Å². The van der Waals surface area contributed by atoms with Gasteiger partial charge in [-0.2, -0.15) is 0 Å². The molecule has 0 aliphatic heterocycles. The maximum Gasteiger partial charge on any atom is 0.123 e. The Bertz CT molecular complexity index is 387. The van der Waals surface area contributed by atoms with Gasteiger partial charge in [-0.05, 0) is 24.5 Å². The smallest absolute Gasteiger partial charge is 0.123 e. The van der Waals surface area contributed by atoms with Crippen molar-refractivity contribution in [2.75, 3.05) is 6.61 Å². The topological polar surface area (TPSA) is 29.5 Å². The number of benzene rings is 1. The zero-order valence-electron chi connectivity index (χ0n) is 8.37. The molecule has 2 rings (SSSR count). The maximum absolute atomic E-state index is 9.70. The third-order valence-corrected chi connectivity index (χ3v) is 2.81. The molecule has 3 heteroatoms. The summed E-state index contributed by atoms with van der Waals surface area (Å²) in [4.78, 5) is 0. The molecule has 15 heavy (non-hydrogen) atoms. The fourth-order valence-electron chi connectivity index (χ4n) is 1.89. The normalized spacial score (nSPS) is 18.7. The molecule has 1 aromatic rings. The summed E-state index contributed by atoms with van der Waals surface area (Å²) in [5.41, 5.74) is 2.14. The Hall–Kier alpha value is -0.800. The van der Waals surface area contributed by atoms with E-state index in [1.165, 1.54) is 0 Å². The lowest BCUT2D eigenvalue weighted by molar-refractivity contribution is 0.180. The Kier molecular flexibility index (Phi) is 3.12. The number of fused-ring (bicyclic) bond motifs is 1. The van der Waals surface area contributed by atoms with Crippen molar-refractivity contribution < 1.29 is 9.84 Å². The number of hydrogen-bond acceptors (Lipinski definition) is 2. The summed E-state index contributed by atoms with van der Waals surface area (Å²) < 4.78 is 6.42. The number of ether oxygens (including phenoxy) is 1. The van der Waals surface area contributed by atoms with Crippen LogP contribution < -0.4 is 4.74 Å². The first-order chi connectivity index (χ1) is 7.18. The van der Waals surface area contributed by atoms with Crippen LogP contribution in [0.1, 0.15) is 23.7 Å². The number of rotatable bonds is 3. The number of aliphatic hydroxyl groups excluding tert-OH is 1. The molecule has 0 amide bonds. The van der Waals surface area contributed by atoms with Gasteiger partial charge in [-0.3, -0.25) is 0 Å². The standard InChI is InChI=1S/C12H13BrO2/c1-8(13)7-15-12-4-2-3-9-10(12)5-6-11(9)14/h2-4,11,14H,1,5-7H2. The molecule has 0 spiro atoms. The molecule has 0 aromatic heterocycles. The van der Waals surface area contributed by atoms with Crippen molar-refractivity contribution in [1.29, 1.82) is 0 Å². The van der Waals surface area contributed by atoms with Crippen LogP contribution in [0.15, 0.2) is 29.3 Å². The van der Waals surface area contributed by atoms with E-state index in [2.05, 4.69) is 22.5 Å². The molecule has 0 heterocycles. The first-order valence-electron chi connectivity index (χ1n) is 4.94. The zero-order chi connectivity index (χ0) is 10.8. The maximum atomic E-state index is 9.70. The van der Waals surface area contributed by atoms with Gasteiger partial charge in [-0.25, -0.2) is 0 Å². The van der Waals surface area contributed by atoms with Crippen LogP contribution >= 0.6 is 15.9 Å². The monoisotopic (exact) mass is 268 g/mol. The molecule has 0 saturated heterocycles. The zero-order valence-corrected chi connectivity index (χ0v) is 9.96. The Morgan fingerprint density at radius 1 is 1.60 bits per heavy atom. The Morgan fingerprint density at radius 3 is 3.13 bits per heavy atom. The van der Waals surface area contributed by atoms with Gasteiger partial charge in [0.25, 0.3) is 0 Å². The third-order valence-electron chi connectivity index (χ3n) is 2.58. The molecule has 1 aliphatic rings. The second-order valence-corrected chi connectivity index (χ2v) is 4.81. The van der Waals surface area contributed by atoms with Crippen molar-refractivity contribution in [1.82, 2.24) is 0 Å². The van der Waals surface area contributed by atoms with E-state index >= 15 is 0 Å². The van der Waals surface area contributed by atoms with Crippen LogP contribution in [-0.2, 0) is 6.42 Å². The van der Waals surface area contributed by atoms with Crippen LogP contribution in [0.25, 0.3) is 0 Å². The van der Waals surface area contributed by atoms with Crippen LogP contribution in [-0.4, -0.2) is 11.7 Å². The highest BCUT2D eigenvalue weighted by atomic mass is 79.9. The van der Waals surface area contributed by atoms with Gasteiger partial charge in [0.2, 0.25) is 0 Å². The highest BCUT2D eigenvalue weighted by Gasteiger charge is 2.22. The molecule has 0 fully saturated rings. The predicted molar refractivity (Wildman–Crippen MR) is 63.3 cm³/mol. The minimum absolute atomic E-state index is 0.323. The highest BCUT2D eigenvalue weighted by Crippen LogP contribution is 2.36. The lowest BCUT2D eigenvalue weighted by atomic mass is 10.1. The van der Waals surface area contributed by atoms with E-state index in [9.17, 15) is 5.11 Å². The van der Waals surface area contributed by atoms with Crippen LogP contribution in [0, 0.1) is 0 Å². The van der Waals surface area contributed by atoms with Gasteiger partial charge in [-0.15, -0.1) is 0 Å². The fourth-order valence-corrected chi connectivity index (χ4v) is 2.00. The minimum atomic E-state index is -0.323. The van der Waals surface area contributed by atoms with E-state index < -0.39 is 0 Å². The largest absolute Gasteiger partial charge is 0.488 e. The molecule has 0 radical (unpaired) electrons. The molecule has 1 aromatic carbocycles. The summed E-state index contributed by atoms with van der Waals surface area (Å²) >= 11 is 3.26. The number of halogens is 1. The predicted octanol–water partition coefficient (Wildman–Crippen LogP) is 2.95. The van der Waals surface area contributed by atoms with Gasteiger partial charge in [0.15, 0.2) is 0 Å². The molecule has 80 valence electrons. The fraction of sp³-hybridized carbons (Fsp3) is 0.333. The van der Waals surface area contributed by atoms with E-state index in [0.29, 0.717) is 6.61 Å². The molecule has 1 N–H and O–H groups in total. The van der Waals surface area contributed by atoms with E-state index in [-0.39, 0.29) is 6.10 Å². The molecule has 1 atom stereocenters. The van der Waals surface area contributed by atoms with Crippen LogP contribution in [0.4, 0.5) is 0 Å². The van der Waals surface area contributed by atoms with E-state index in [0.717, 1.165) is 34.2 Å². The van der Waals surface area contributed by atoms with Crippen molar-refractivity contribution in [3.63, 3.8) is 0 Å². The summed E-state index contributed by atoms with van der Waals surface area (Å²) in [5, 5.41) is 9.70. The first kappa shape index (κ1) is 10.7. The van der Waals surface area contributed by atoms with Gasteiger partial charge in [0.1, 0.15) is 12.4 Å². The quantitative estimate of drug-likeness (QED) is 0.914. The average molecular weight is 269 g/mol. The van der Waals surface area contributed by atoms with Crippen LogP contribution in [0.5, 0.6) is 5.75 Å². The number of hydrogen-bond donors (Lipinski definition) is 1. The van der Waals surface area contributed by atoms with Gasteiger partial charge < -0.3 is 9.84 Å². The first-order valence-corrected chi connectivity index (χ1v) is 5.73. The Morgan fingerprint density at radius 2 is 2.40 bits per heavy atom. The van der Waals surface area contributed by atoms with Crippen molar-refractivity contribution in [2.24, 2.45) is 0 Å². The lowest BCUT2D eigenvalue weighted by Gasteiger charge is -2.10. The molecule has 2 nitrogen and oxygen atoms in total. The molecule has 0 saturated carbocycles. The van der Waals surface area contributed by atoms with Crippen molar-refractivity contribution in [3.8, 4) is 5.75 Å². The molecular weight excluding hydrogens is 256 g/mol. The van der Waals surface area contributed by atoms with Crippen LogP contribution in [0.2, 0.25) is 0 Å². The second-order valence-electron chi connectivity index (χ2n) is 3.68. The van der Waals surface area contributed by atoms with E-state index in [1.54, 1.807) is 0 Å². The second kappa shape index (κ2) is 4.37. The average Bonchev–Trinajstić information content (AvgIpc) is 2.58. The third kappa shape index (κ3) is 2.24. The molecule has 0 bridgehead atoms. The van der Waals surface area contributed by atoms with Gasteiger partial charge in [0.05, 0.1) is 6.10 Å². The van der Waals surface area contributed by atoms with Gasteiger partial charge in [-0.1, -0.05) is 34.6 Å². The molecular formula is C12H13BrO2. The lowest BCUT2D eigenvalue weighted by Crippen LogP contribution is -1.99. The summed E-state index contributed by atoms with van der Waals surface area (Å²) in [6.07, 6.45) is 1.36. The SMILES string of the molecule is C=C(Br)COc1cccc2c1CCC2O. The van der Waals surface area contributed by atoms with Gasteiger partial charge in [0, 0.05) is 10.0 Å². The summed E-state index contributed by atoms with van der Waals surface area (Å²) in [5.74, 6) is 0.865. The minimum Gasteiger partial charge on any atom is -0.488 e. The van der Waals surface area contributed by atoms with E-state index in [4.69, 9.17) is 4.74 Å². The Balaban J connectivity index is 2.22. The van der Waals surface area contributed by atoms with Crippen molar-refractivity contribution >= 4 is 15.9 Å². The Labute approximate surface area is 97.7 Å². The summed E-state index contributed by atoms with van der Waals surface area (Å²) in [6.45, 7) is 4.19. The molecule has 1 aliphatic carbocycles. The number of aliphatic hydroxyl groups is 1. The highest BCUT2D eigenvalue weighted by molar-refractivity contribution is 9.11.